The van der Waals surface area contributed by atoms with Crippen LogP contribution in [-0.4, -0.2) is 24.1 Å². The second kappa shape index (κ2) is 5.82. The van der Waals surface area contributed by atoms with Gasteiger partial charge >= 0.3 is 0 Å². The number of non-ortho nitro benzene ring substituents is 1. The van der Waals surface area contributed by atoms with Gasteiger partial charge in [0.25, 0.3) is 5.69 Å². The summed E-state index contributed by atoms with van der Waals surface area (Å²) in [5, 5.41) is 17.5. The Morgan fingerprint density at radius 2 is 2.33 bits per heavy atom. The third-order valence-corrected chi connectivity index (χ3v) is 3.26. The fourth-order valence-electron chi connectivity index (χ4n) is 2.36. The molecule has 2 N–H and O–H groups in total. The Bertz CT molecular complexity index is 428. The summed E-state index contributed by atoms with van der Waals surface area (Å²) in [5.74, 6) is 0. The predicted molar refractivity (Wildman–Crippen MR) is 72.0 cm³/mol. The van der Waals surface area contributed by atoms with E-state index in [4.69, 9.17) is 0 Å². The van der Waals surface area contributed by atoms with Crippen molar-refractivity contribution in [2.45, 2.75) is 32.2 Å². The van der Waals surface area contributed by atoms with Crippen molar-refractivity contribution in [2.24, 2.45) is 0 Å². The summed E-state index contributed by atoms with van der Waals surface area (Å²) < 4.78 is 0. The van der Waals surface area contributed by atoms with Crippen LogP contribution >= 0.6 is 0 Å². The maximum Gasteiger partial charge on any atom is 0.271 e. The first-order chi connectivity index (χ1) is 8.65. The van der Waals surface area contributed by atoms with Gasteiger partial charge in [-0.1, -0.05) is 0 Å². The van der Waals surface area contributed by atoms with Crippen LogP contribution in [0.25, 0.3) is 0 Å². The highest BCUT2D eigenvalue weighted by molar-refractivity contribution is 5.53. The van der Waals surface area contributed by atoms with Gasteiger partial charge in [0.15, 0.2) is 0 Å². The molecule has 98 valence electrons. The molecule has 18 heavy (non-hydrogen) atoms. The maximum absolute atomic E-state index is 10.8. The molecule has 1 aliphatic rings. The first kappa shape index (κ1) is 12.8. The molecule has 1 aromatic rings. The van der Waals surface area contributed by atoms with E-state index in [0.29, 0.717) is 6.04 Å². The van der Waals surface area contributed by atoms with Gasteiger partial charge in [0.1, 0.15) is 0 Å². The molecule has 1 heterocycles. The van der Waals surface area contributed by atoms with Gasteiger partial charge in [-0.25, -0.2) is 0 Å². The fraction of sp³-hybridized carbons (Fsp3) is 0.538. The summed E-state index contributed by atoms with van der Waals surface area (Å²) in [7, 11) is 0. The van der Waals surface area contributed by atoms with Crippen molar-refractivity contribution in [3.63, 3.8) is 0 Å². The van der Waals surface area contributed by atoms with Crippen molar-refractivity contribution in [1.82, 2.24) is 5.32 Å². The van der Waals surface area contributed by atoms with E-state index in [-0.39, 0.29) is 10.6 Å². The van der Waals surface area contributed by atoms with E-state index in [1.165, 1.54) is 12.8 Å². The number of nitrogens with one attached hydrogen (secondary N) is 2. The molecule has 1 saturated heterocycles. The molecule has 0 aromatic heterocycles. The van der Waals surface area contributed by atoms with E-state index in [1.54, 1.807) is 12.1 Å². The highest BCUT2D eigenvalue weighted by Crippen LogP contribution is 2.20. The average Bonchev–Trinajstić information content (AvgIpc) is 2.81. The fourth-order valence-corrected chi connectivity index (χ4v) is 2.36. The van der Waals surface area contributed by atoms with Crippen molar-refractivity contribution in [3.8, 4) is 0 Å². The van der Waals surface area contributed by atoms with Crippen LogP contribution in [0.3, 0.4) is 0 Å². The molecule has 0 unspecified atom stereocenters. The van der Waals surface area contributed by atoms with Gasteiger partial charge < -0.3 is 10.6 Å². The molecule has 1 aromatic carbocycles. The van der Waals surface area contributed by atoms with Crippen LogP contribution in [0.2, 0.25) is 0 Å². The second-order valence-electron chi connectivity index (χ2n) is 4.82. The zero-order chi connectivity index (χ0) is 13.0. The standard InChI is InChI=1S/C13H19N3O2/c1-10-7-12(9-13(8-10)16(17)18)15-6-4-11-3-2-5-14-11/h7-9,11,14-15H,2-6H2,1H3/t11-/m0/s1. The summed E-state index contributed by atoms with van der Waals surface area (Å²) in [5.41, 5.74) is 1.89. The Morgan fingerprint density at radius 1 is 1.50 bits per heavy atom. The van der Waals surface area contributed by atoms with Gasteiger partial charge in [-0.05, 0) is 44.4 Å². The molecule has 0 bridgehead atoms. The van der Waals surface area contributed by atoms with Crippen LogP contribution in [0.1, 0.15) is 24.8 Å². The highest BCUT2D eigenvalue weighted by atomic mass is 16.6. The third kappa shape index (κ3) is 3.43. The van der Waals surface area contributed by atoms with Crippen molar-refractivity contribution >= 4 is 11.4 Å². The minimum absolute atomic E-state index is 0.150. The average molecular weight is 249 g/mol. The Labute approximate surface area is 107 Å². The number of nitro groups is 1. The number of hydrogen-bond acceptors (Lipinski definition) is 4. The molecule has 5 heteroatoms. The van der Waals surface area contributed by atoms with Crippen molar-refractivity contribution < 1.29 is 4.92 Å². The van der Waals surface area contributed by atoms with Gasteiger partial charge in [0.2, 0.25) is 0 Å². The molecular weight excluding hydrogens is 230 g/mol. The molecule has 0 aliphatic carbocycles. The topological polar surface area (TPSA) is 67.2 Å². The molecule has 1 fully saturated rings. The Balaban J connectivity index is 1.89. The van der Waals surface area contributed by atoms with Gasteiger partial charge in [-0.15, -0.1) is 0 Å². The maximum atomic E-state index is 10.8. The smallest absolute Gasteiger partial charge is 0.271 e. The number of nitro benzene ring substituents is 1. The van der Waals surface area contributed by atoms with Gasteiger partial charge in [0, 0.05) is 30.4 Å². The van der Waals surface area contributed by atoms with Gasteiger partial charge in [0.05, 0.1) is 4.92 Å². The number of hydrogen-bond donors (Lipinski definition) is 2. The van der Waals surface area contributed by atoms with Crippen molar-refractivity contribution in [3.05, 3.63) is 33.9 Å². The van der Waals surface area contributed by atoms with Gasteiger partial charge in [-0.3, -0.25) is 10.1 Å². The van der Waals surface area contributed by atoms with Crippen LogP contribution in [0.15, 0.2) is 18.2 Å². The molecular formula is C13H19N3O2. The van der Waals surface area contributed by atoms with Crippen molar-refractivity contribution in [2.75, 3.05) is 18.4 Å². The summed E-state index contributed by atoms with van der Waals surface area (Å²) in [6, 6.07) is 5.71. The van der Waals surface area contributed by atoms with Crippen LogP contribution < -0.4 is 10.6 Å². The molecule has 5 nitrogen and oxygen atoms in total. The van der Waals surface area contributed by atoms with Crippen LogP contribution in [0, 0.1) is 17.0 Å². The lowest BCUT2D eigenvalue weighted by Gasteiger charge is -2.11. The molecule has 0 saturated carbocycles. The van der Waals surface area contributed by atoms with E-state index in [9.17, 15) is 10.1 Å². The lowest BCUT2D eigenvalue weighted by molar-refractivity contribution is -0.384. The first-order valence-corrected chi connectivity index (χ1v) is 6.38. The Kier molecular flexibility index (Phi) is 4.15. The van der Waals surface area contributed by atoms with Crippen LogP contribution in [0.5, 0.6) is 0 Å². The predicted octanol–water partition coefficient (Wildman–Crippen LogP) is 2.46. The number of aryl methyl sites for hydroxylation is 1. The molecule has 1 aliphatic heterocycles. The first-order valence-electron chi connectivity index (χ1n) is 6.38. The zero-order valence-corrected chi connectivity index (χ0v) is 10.6. The molecule has 0 amide bonds. The van der Waals surface area contributed by atoms with E-state index in [0.717, 1.165) is 30.8 Å². The zero-order valence-electron chi connectivity index (χ0n) is 10.6. The third-order valence-electron chi connectivity index (χ3n) is 3.26. The van der Waals surface area contributed by atoms with Crippen molar-refractivity contribution in [1.29, 1.82) is 0 Å². The minimum Gasteiger partial charge on any atom is -0.385 e. The SMILES string of the molecule is Cc1cc(NCC[C@@H]2CCCN2)cc([N+](=O)[O-])c1. The molecule has 1 atom stereocenters. The number of nitrogens with zero attached hydrogens (tertiary/aromatic N) is 1. The highest BCUT2D eigenvalue weighted by Gasteiger charge is 2.13. The molecule has 0 radical (unpaired) electrons. The van der Waals surface area contributed by atoms with Crippen LogP contribution in [0.4, 0.5) is 11.4 Å². The Morgan fingerprint density at radius 3 is 3.00 bits per heavy atom. The molecule has 2 rings (SSSR count). The largest absolute Gasteiger partial charge is 0.385 e. The van der Waals surface area contributed by atoms with E-state index in [1.807, 2.05) is 13.0 Å². The lowest BCUT2D eigenvalue weighted by atomic mass is 10.1. The van der Waals surface area contributed by atoms with E-state index < -0.39 is 0 Å². The number of benzene rings is 1. The minimum atomic E-state index is -0.350. The number of rotatable bonds is 5. The molecule has 0 spiro atoms. The Hall–Kier alpha value is -1.62. The number of anilines is 1. The lowest BCUT2D eigenvalue weighted by Crippen LogP contribution is -2.24. The monoisotopic (exact) mass is 249 g/mol. The van der Waals surface area contributed by atoms with Gasteiger partial charge in [-0.2, -0.15) is 0 Å². The summed E-state index contributed by atoms with van der Waals surface area (Å²) in [4.78, 5) is 10.4. The normalized spacial score (nSPS) is 18.8. The summed E-state index contributed by atoms with van der Waals surface area (Å²) in [6.45, 7) is 3.83. The summed E-state index contributed by atoms with van der Waals surface area (Å²) in [6.07, 6.45) is 3.54. The van der Waals surface area contributed by atoms with Crippen LogP contribution in [-0.2, 0) is 0 Å². The van der Waals surface area contributed by atoms with E-state index in [2.05, 4.69) is 10.6 Å². The van der Waals surface area contributed by atoms with E-state index >= 15 is 0 Å². The summed E-state index contributed by atoms with van der Waals surface area (Å²) >= 11 is 0. The quantitative estimate of drug-likeness (QED) is 0.621. The second-order valence-corrected chi connectivity index (χ2v) is 4.82.